The fourth-order valence-electron chi connectivity index (χ4n) is 1.03. The number of nitrogens with one attached hydrogen (secondary N) is 1. The maximum Gasteiger partial charge on any atom is 0.0368 e. The molecule has 0 unspecified atom stereocenters. The van der Waals surface area contributed by atoms with Crippen molar-refractivity contribution in [1.29, 1.82) is 0 Å². The summed E-state index contributed by atoms with van der Waals surface area (Å²) in [6.07, 6.45) is 5.24. The van der Waals surface area contributed by atoms with Gasteiger partial charge in [-0.3, -0.25) is 0 Å². The molecule has 0 atom stereocenters. The van der Waals surface area contributed by atoms with Crippen LogP contribution in [0.4, 0.5) is 5.69 Å². The van der Waals surface area contributed by atoms with E-state index in [1.54, 1.807) is 0 Å². The summed E-state index contributed by atoms with van der Waals surface area (Å²) in [7, 11) is 1.90. The maximum absolute atomic E-state index is 5.24. The first-order chi connectivity index (χ1) is 5.27. The Labute approximate surface area is 67.4 Å². The van der Waals surface area contributed by atoms with Crippen molar-refractivity contribution >= 4 is 5.69 Å². The van der Waals surface area contributed by atoms with Crippen LogP contribution in [0.1, 0.15) is 11.1 Å². The number of aryl methyl sites for hydroxylation is 1. The Kier molecular flexibility index (Phi) is 2.18. The molecule has 0 aliphatic carbocycles. The molecule has 0 saturated heterocycles. The summed E-state index contributed by atoms with van der Waals surface area (Å²) >= 11 is 0. The zero-order chi connectivity index (χ0) is 8.27. The molecule has 0 aromatic heterocycles. The second-order valence-corrected chi connectivity index (χ2v) is 2.42. The van der Waals surface area contributed by atoms with Gasteiger partial charge in [0.05, 0.1) is 0 Å². The maximum atomic E-state index is 5.24. The van der Waals surface area contributed by atoms with E-state index in [0.29, 0.717) is 0 Å². The molecule has 0 bridgehead atoms. The van der Waals surface area contributed by atoms with Gasteiger partial charge in [-0.05, 0) is 30.7 Å². The number of hydrogen-bond donors (Lipinski definition) is 1. The van der Waals surface area contributed by atoms with E-state index in [1.165, 1.54) is 5.56 Å². The fourth-order valence-corrected chi connectivity index (χ4v) is 1.03. The second kappa shape index (κ2) is 3.12. The predicted octanol–water partition coefficient (Wildman–Crippen LogP) is 2.02. The van der Waals surface area contributed by atoms with Crippen LogP contribution in [-0.2, 0) is 0 Å². The fraction of sp³-hybridized carbons (Fsp3) is 0.200. The zero-order valence-corrected chi connectivity index (χ0v) is 6.81. The van der Waals surface area contributed by atoms with Crippen LogP contribution < -0.4 is 5.32 Å². The van der Waals surface area contributed by atoms with Gasteiger partial charge in [0.2, 0.25) is 0 Å². The Bertz CT molecular complexity index is 294. The van der Waals surface area contributed by atoms with Gasteiger partial charge in [0.1, 0.15) is 0 Å². The van der Waals surface area contributed by atoms with Crippen molar-refractivity contribution in [3.05, 3.63) is 29.3 Å². The molecule has 1 aromatic carbocycles. The lowest BCUT2D eigenvalue weighted by Crippen LogP contribution is -1.91. The van der Waals surface area contributed by atoms with Gasteiger partial charge in [0.15, 0.2) is 0 Å². The van der Waals surface area contributed by atoms with E-state index in [-0.39, 0.29) is 0 Å². The summed E-state index contributed by atoms with van der Waals surface area (Å²) in [5.41, 5.74) is 3.24. The molecular weight excluding hydrogens is 134 g/mol. The lowest BCUT2D eigenvalue weighted by molar-refractivity contribution is 1.40. The Hall–Kier alpha value is -1.42. The zero-order valence-electron chi connectivity index (χ0n) is 6.81. The lowest BCUT2D eigenvalue weighted by atomic mass is 10.1. The minimum atomic E-state index is 0.932. The van der Waals surface area contributed by atoms with E-state index < -0.39 is 0 Å². The number of benzene rings is 1. The van der Waals surface area contributed by atoms with E-state index >= 15 is 0 Å². The molecule has 1 nitrogen and oxygen atoms in total. The molecule has 0 saturated carbocycles. The molecule has 0 fully saturated rings. The third kappa shape index (κ3) is 1.53. The van der Waals surface area contributed by atoms with Gasteiger partial charge >= 0.3 is 0 Å². The van der Waals surface area contributed by atoms with Gasteiger partial charge in [-0.15, -0.1) is 6.42 Å². The van der Waals surface area contributed by atoms with Crippen LogP contribution in [0.3, 0.4) is 0 Å². The van der Waals surface area contributed by atoms with Gasteiger partial charge < -0.3 is 5.32 Å². The summed E-state index contributed by atoms with van der Waals surface area (Å²) in [5, 5.41) is 3.08. The highest BCUT2D eigenvalue weighted by molar-refractivity contribution is 5.53. The molecule has 56 valence electrons. The SMILES string of the molecule is C#Cc1ccc(NC)c(C)c1. The van der Waals surface area contributed by atoms with Crippen molar-refractivity contribution in [1.82, 2.24) is 0 Å². The summed E-state index contributed by atoms with van der Waals surface area (Å²) < 4.78 is 0. The molecule has 1 heteroatoms. The summed E-state index contributed by atoms with van der Waals surface area (Å²) in [4.78, 5) is 0. The highest BCUT2D eigenvalue weighted by atomic mass is 14.8. The smallest absolute Gasteiger partial charge is 0.0368 e. The van der Waals surface area contributed by atoms with Crippen LogP contribution in [0, 0.1) is 19.3 Å². The van der Waals surface area contributed by atoms with Crippen molar-refractivity contribution in [2.75, 3.05) is 12.4 Å². The van der Waals surface area contributed by atoms with Gasteiger partial charge in [-0.1, -0.05) is 5.92 Å². The molecule has 1 N–H and O–H groups in total. The average Bonchev–Trinajstić information content (AvgIpc) is 2.04. The Morgan fingerprint density at radius 1 is 1.45 bits per heavy atom. The van der Waals surface area contributed by atoms with Gasteiger partial charge in [-0.25, -0.2) is 0 Å². The molecule has 0 spiro atoms. The monoisotopic (exact) mass is 145 g/mol. The lowest BCUT2D eigenvalue weighted by Gasteiger charge is -2.03. The van der Waals surface area contributed by atoms with Crippen molar-refractivity contribution < 1.29 is 0 Å². The summed E-state index contributed by atoms with van der Waals surface area (Å²) in [6.45, 7) is 2.03. The molecule has 1 aromatic rings. The van der Waals surface area contributed by atoms with Gasteiger partial charge in [0, 0.05) is 18.3 Å². The third-order valence-corrected chi connectivity index (χ3v) is 1.66. The predicted molar refractivity (Wildman–Crippen MR) is 48.7 cm³/mol. The summed E-state index contributed by atoms with van der Waals surface area (Å²) in [5.74, 6) is 2.59. The first kappa shape index (κ1) is 7.68. The van der Waals surface area contributed by atoms with Crippen LogP contribution >= 0.6 is 0 Å². The Morgan fingerprint density at radius 3 is 2.64 bits per heavy atom. The van der Waals surface area contributed by atoms with E-state index in [4.69, 9.17) is 6.42 Å². The largest absolute Gasteiger partial charge is 0.388 e. The van der Waals surface area contributed by atoms with Crippen LogP contribution in [0.5, 0.6) is 0 Å². The normalized spacial score (nSPS) is 8.82. The van der Waals surface area contributed by atoms with E-state index in [9.17, 15) is 0 Å². The van der Waals surface area contributed by atoms with Crippen LogP contribution in [0.25, 0.3) is 0 Å². The molecule has 11 heavy (non-hydrogen) atoms. The molecule has 0 radical (unpaired) electrons. The minimum absolute atomic E-state index is 0.932. The molecule has 0 aliphatic heterocycles. The number of anilines is 1. The molecule has 0 amide bonds. The topological polar surface area (TPSA) is 12.0 Å². The standard InChI is InChI=1S/C10H11N/c1-4-9-5-6-10(11-3)8(2)7-9/h1,5-7,11H,2-3H3. The van der Waals surface area contributed by atoms with Crippen molar-refractivity contribution in [3.63, 3.8) is 0 Å². The third-order valence-electron chi connectivity index (χ3n) is 1.66. The number of terminal acetylenes is 1. The van der Waals surface area contributed by atoms with Crippen molar-refractivity contribution in [2.24, 2.45) is 0 Å². The van der Waals surface area contributed by atoms with Crippen molar-refractivity contribution in [3.8, 4) is 12.3 Å². The van der Waals surface area contributed by atoms with E-state index in [0.717, 1.165) is 11.3 Å². The molecular formula is C10H11N. The highest BCUT2D eigenvalue weighted by Gasteiger charge is 1.94. The van der Waals surface area contributed by atoms with Crippen LogP contribution in [-0.4, -0.2) is 7.05 Å². The Morgan fingerprint density at radius 2 is 2.18 bits per heavy atom. The quantitative estimate of drug-likeness (QED) is 0.596. The van der Waals surface area contributed by atoms with Crippen LogP contribution in [0.15, 0.2) is 18.2 Å². The first-order valence-corrected chi connectivity index (χ1v) is 3.53. The average molecular weight is 145 g/mol. The van der Waals surface area contributed by atoms with E-state index in [2.05, 4.69) is 11.2 Å². The Balaban J connectivity index is 3.12. The second-order valence-electron chi connectivity index (χ2n) is 2.42. The molecule has 1 rings (SSSR count). The van der Waals surface area contributed by atoms with Crippen LogP contribution in [0.2, 0.25) is 0 Å². The minimum Gasteiger partial charge on any atom is -0.388 e. The number of rotatable bonds is 1. The molecule has 0 aliphatic rings. The molecule has 0 heterocycles. The highest BCUT2D eigenvalue weighted by Crippen LogP contribution is 2.14. The van der Waals surface area contributed by atoms with Gasteiger partial charge in [0.25, 0.3) is 0 Å². The van der Waals surface area contributed by atoms with Gasteiger partial charge in [-0.2, -0.15) is 0 Å². The summed E-state index contributed by atoms with van der Waals surface area (Å²) in [6, 6.07) is 5.91. The number of hydrogen-bond acceptors (Lipinski definition) is 1. The first-order valence-electron chi connectivity index (χ1n) is 3.53. The van der Waals surface area contributed by atoms with Crippen molar-refractivity contribution in [2.45, 2.75) is 6.92 Å². The van der Waals surface area contributed by atoms with E-state index in [1.807, 2.05) is 32.2 Å².